The van der Waals surface area contributed by atoms with E-state index in [1.165, 1.54) is 18.2 Å². The zero-order valence-electron chi connectivity index (χ0n) is 8.75. The summed E-state index contributed by atoms with van der Waals surface area (Å²) in [7, 11) is 0. The van der Waals surface area contributed by atoms with Gasteiger partial charge in [-0.3, -0.25) is 10.1 Å². The Bertz CT molecular complexity index is 674. The number of rotatable bonds is 2. The van der Waals surface area contributed by atoms with Crippen LogP contribution in [0.1, 0.15) is 5.69 Å². The van der Waals surface area contributed by atoms with Gasteiger partial charge in [-0.1, -0.05) is 11.6 Å². The third-order valence-corrected chi connectivity index (χ3v) is 2.32. The van der Waals surface area contributed by atoms with Gasteiger partial charge in [0.15, 0.2) is 0 Å². The molecular weight excluding hydrogens is 260 g/mol. The number of hydrogen-bond donors (Lipinski definition) is 1. The lowest BCUT2D eigenvalue weighted by molar-refractivity contribution is -0.384. The molecule has 0 aliphatic rings. The van der Waals surface area contributed by atoms with E-state index in [0.29, 0.717) is 0 Å². The largest absolute Gasteiger partial charge is 0.419 e. The first kappa shape index (κ1) is 11.9. The molecule has 0 atom stereocenters. The minimum absolute atomic E-state index is 0.00894. The van der Waals surface area contributed by atoms with Gasteiger partial charge in [0.2, 0.25) is 17.5 Å². The number of non-ortho nitro benzene ring substituents is 1. The maximum absolute atomic E-state index is 10.7. The molecule has 0 amide bonds. The molecule has 1 heterocycles. The van der Waals surface area contributed by atoms with Gasteiger partial charge in [-0.05, 0) is 6.07 Å². The van der Waals surface area contributed by atoms with Crippen LogP contribution >= 0.6 is 11.6 Å². The van der Waals surface area contributed by atoms with Crippen molar-refractivity contribution in [2.24, 2.45) is 0 Å². The normalized spacial score (nSPS) is 10.0. The zero-order valence-corrected chi connectivity index (χ0v) is 9.51. The molecule has 0 aliphatic heterocycles. The fourth-order valence-corrected chi connectivity index (χ4v) is 1.57. The smallest absolute Gasteiger partial charge is 0.271 e. The third-order valence-electron chi connectivity index (χ3n) is 2.10. The van der Waals surface area contributed by atoms with Crippen LogP contribution in [-0.2, 0) is 0 Å². The maximum Gasteiger partial charge on any atom is 0.271 e. The van der Waals surface area contributed by atoms with Crippen molar-refractivity contribution in [1.29, 1.82) is 5.26 Å². The lowest BCUT2D eigenvalue weighted by Crippen LogP contribution is -1.89. The first-order chi connectivity index (χ1) is 8.51. The molecule has 0 aliphatic carbocycles. The molecule has 2 rings (SSSR count). The van der Waals surface area contributed by atoms with Gasteiger partial charge in [0.05, 0.1) is 4.92 Å². The van der Waals surface area contributed by atoms with Crippen molar-refractivity contribution >= 4 is 23.2 Å². The number of aromatic nitrogens is 1. The second-order valence-electron chi connectivity index (χ2n) is 3.30. The second kappa shape index (κ2) is 4.35. The lowest BCUT2D eigenvalue weighted by atomic mass is 10.2. The predicted molar refractivity (Wildman–Crippen MR) is 62.7 cm³/mol. The quantitative estimate of drug-likeness (QED) is 0.657. The summed E-state index contributed by atoms with van der Waals surface area (Å²) in [6.07, 6.45) is 0. The Morgan fingerprint density at radius 1 is 1.50 bits per heavy atom. The van der Waals surface area contributed by atoms with E-state index >= 15 is 0 Å². The number of oxazole rings is 1. The Labute approximate surface area is 106 Å². The number of nitro benzene ring substituents is 1. The number of benzene rings is 1. The number of nitrogens with two attached hydrogens (primary N) is 1. The van der Waals surface area contributed by atoms with Crippen molar-refractivity contribution in [2.75, 3.05) is 5.73 Å². The van der Waals surface area contributed by atoms with E-state index in [4.69, 9.17) is 27.0 Å². The summed E-state index contributed by atoms with van der Waals surface area (Å²) in [6.45, 7) is 0. The first-order valence-corrected chi connectivity index (χ1v) is 5.01. The number of halogens is 1. The monoisotopic (exact) mass is 264 g/mol. The van der Waals surface area contributed by atoms with Crippen molar-refractivity contribution in [3.63, 3.8) is 0 Å². The fourth-order valence-electron chi connectivity index (χ4n) is 1.34. The lowest BCUT2D eigenvalue weighted by Gasteiger charge is -1.97. The van der Waals surface area contributed by atoms with E-state index in [9.17, 15) is 10.1 Å². The molecule has 0 saturated carbocycles. The molecule has 0 radical (unpaired) electrons. The summed E-state index contributed by atoms with van der Waals surface area (Å²) < 4.78 is 5.04. The standard InChI is InChI=1S/C10H5ClN4O3/c11-6-1-5(2-7(3-6)15(16)17)10-14-8(4-12)9(13)18-10/h1-3H,13H2. The molecule has 0 fully saturated rings. The number of nitrogens with zero attached hydrogens (tertiary/aromatic N) is 3. The van der Waals surface area contributed by atoms with Gasteiger partial charge >= 0.3 is 0 Å². The molecule has 8 heteroatoms. The average molecular weight is 265 g/mol. The van der Waals surface area contributed by atoms with Crippen molar-refractivity contribution in [3.05, 3.63) is 39.0 Å². The van der Waals surface area contributed by atoms with Crippen LogP contribution in [0.3, 0.4) is 0 Å². The van der Waals surface area contributed by atoms with Crippen LogP contribution in [0, 0.1) is 21.4 Å². The van der Waals surface area contributed by atoms with Crippen LogP contribution < -0.4 is 5.73 Å². The van der Waals surface area contributed by atoms with Crippen LogP contribution in [0.25, 0.3) is 11.5 Å². The van der Waals surface area contributed by atoms with Crippen molar-refractivity contribution < 1.29 is 9.34 Å². The second-order valence-corrected chi connectivity index (χ2v) is 3.74. The summed E-state index contributed by atoms with van der Waals surface area (Å²) in [4.78, 5) is 13.9. The number of nitrogen functional groups attached to an aromatic ring is 1. The van der Waals surface area contributed by atoms with E-state index in [-0.39, 0.29) is 33.7 Å². The van der Waals surface area contributed by atoms with E-state index in [1.807, 2.05) is 0 Å². The summed E-state index contributed by atoms with van der Waals surface area (Å²) in [6, 6.07) is 5.60. The van der Waals surface area contributed by atoms with Crippen molar-refractivity contribution in [2.45, 2.75) is 0 Å². The minimum atomic E-state index is -0.590. The predicted octanol–water partition coefficient (Wildman–Crippen LogP) is 2.36. The minimum Gasteiger partial charge on any atom is -0.419 e. The van der Waals surface area contributed by atoms with Crippen LogP contribution in [0.15, 0.2) is 22.6 Å². The molecule has 1 aromatic heterocycles. The highest BCUT2D eigenvalue weighted by Gasteiger charge is 2.16. The van der Waals surface area contributed by atoms with Crippen LogP contribution in [0.5, 0.6) is 0 Å². The van der Waals surface area contributed by atoms with Gasteiger partial charge in [0.1, 0.15) is 6.07 Å². The summed E-state index contributed by atoms with van der Waals surface area (Å²) in [5.74, 6) is -0.134. The molecule has 2 aromatic rings. The fraction of sp³-hybridized carbons (Fsp3) is 0. The van der Waals surface area contributed by atoms with Gasteiger partial charge in [0.25, 0.3) is 5.69 Å². The van der Waals surface area contributed by atoms with E-state index < -0.39 is 4.92 Å². The Morgan fingerprint density at radius 2 is 2.22 bits per heavy atom. The molecular formula is C10H5ClN4O3. The molecule has 0 spiro atoms. The Kier molecular flexibility index (Phi) is 2.87. The van der Waals surface area contributed by atoms with Gasteiger partial charge in [-0.25, -0.2) is 0 Å². The van der Waals surface area contributed by atoms with E-state index in [1.54, 1.807) is 6.07 Å². The van der Waals surface area contributed by atoms with Crippen molar-refractivity contribution in [3.8, 4) is 17.5 Å². The molecule has 0 saturated heterocycles. The number of nitriles is 1. The molecule has 2 N–H and O–H groups in total. The number of hydrogen-bond acceptors (Lipinski definition) is 6. The van der Waals surface area contributed by atoms with E-state index in [2.05, 4.69) is 4.98 Å². The van der Waals surface area contributed by atoms with Gasteiger partial charge in [-0.2, -0.15) is 10.2 Å². The van der Waals surface area contributed by atoms with Gasteiger partial charge in [0, 0.05) is 22.7 Å². The third kappa shape index (κ3) is 2.09. The Morgan fingerprint density at radius 3 is 2.78 bits per heavy atom. The highest BCUT2D eigenvalue weighted by Crippen LogP contribution is 2.29. The number of nitro groups is 1. The van der Waals surface area contributed by atoms with E-state index in [0.717, 1.165) is 0 Å². The van der Waals surface area contributed by atoms with Crippen LogP contribution in [0.2, 0.25) is 5.02 Å². The number of anilines is 1. The molecule has 90 valence electrons. The van der Waals surface area contributed by atoms with Gasteiger partial charge < -0.3 is 10.2 Å². The highest BCUT2D eigenvalue weighted by atomic mass is 35.5. The molecule has 18 heavy (non-hydrogen) atoms. The first-order valence-electron chi connectivity index (χ1n) is 4.63. The zero-order chi connectivity index (χ0) is 13.3. The van der Waals surface area contributed by atoms with Crippen LogP contribution in [-0.4, -0.2) is 9.91 Å². The maximum atomic E-state index is 10.7. The summed E-state index contributed by atoms with van der Waals surface area (Å²) in [5, 5.41) is 19.5. The van der Waals surface area contributed by atoms with Crippen LogP contribution in [0.4, 0.5) is 11.6 Å². The molecule has 7 nitrogen and oxygen atoms in total. The Hall–Kier alpha value is -2.59. The van der Waals surface area contributed by atoms with Crippen molar-refractivity contribution in [1.82, 2.24) is 4.98 Å². The molecule has 1 aromatic carbocycles. The SMILES string of the molecule is N#Cc1nc(-c2cc(Cl)cc([N+](=O)[O-])c2)oc1N. The Balaban J connectivity index is 2.57. The summed E-state index contributed by atoms with van der Waals surface area (Å²) in [5.41, 5.74) is 5.41. The summed E-state index contributed by atoms with van der Waals surface area (Å²) >= 11 is 5.75. The topological polar surface area (TPSA) is 119 Å². The van der Waals surface area contributed by atoms with Gasteiger partial charge in [-0.15, -0.1) is 0 Å². The highest BCUT2D eigenvalue weighted by molar-refractivity contribution is 6.31. The average Bonchev–Trinajstić information content (AvgIpc) is 2.69. The molecule has 0 unspecified atom stereocenters. The molecule has 0 bridgehead atoms.